The van der Waals surface area contributed by atoms with Crippen molar-refractivity contribution in [2.75, 3.05) is 57.4 Å². The van der Waals surface area contributed by atoms with Crippen molar-refractivity contribution in [1.82, 2.24) is 30.0 Å². The van der Waals surface area contributed by atoms with Gasteiger partial charge in [-0.15, -0.1) is 15.3 Å². The minimum absolute atomic E-state index is 0.0627. The number of morpholine rings is 1. The van der Waals surface area contributed by atoms with Gasteiger partial charge in [0.05, 0.1) is 13.2 Å². The predicted octanol–water partition coefficient (Wildman–Crippen LogP) is 1.76. The molecule has 0 saturated carbocycles. The normalized spacial score (nSPS) is 18.0. The molecule has 0 aliphatic carbocycles. The molecule has 9 nitrogen and oxygen atoms in total. The van der Waals surface area contributed by atoms with Crippen molar-refractivity contribution < 1.29 is 9.53 Å². The summed E-state index contributed by atoms with van der Waals surface area (Å²) in [5.41, 5.74) is 2.92. The molecule has 9 heteroatoms. The molecule has 0 atom stereocenters. The van der Waals surface area contributed by atoms with E-state index in [-0.39, 0.29) is 11.8 Å². The zero-order valence-corrected chi connectivity index (χ0v) is 19.1. The molecular formula is C24H31N7O2. The number of nitrogens with zero attached hydrogens (tertiary/aromatic N) is 6. The SMILES string of the molecule is Cc1ccc(-c2nnc3ccc(N4CCC(C(=O)NCCN5CCOCC5)CC4)nn23)cc1. The Kier molecular flexibility index (Phi) is 6.50. The molecule has 1 N–H and O–H groups in total. The van der Waals surface area contributed by atoms with Crippen LogP contribution in [0.1, 0.15) is 18.4 Å². The first-order chi connectivity index (χ1) is 16.2. The number of anilines is 1. The van der Waals surface area contributed by atoms with Crippen LogP contribution >= 0.6 is 0 Å². The molecule has 2 fully saturated rings. The Morgan fingerprint density at radius 3 is 2.55 bits per heavy atom. The molecule has 4 heterocycles. The largest absolute Gasteiger partial charge is 0.379 e. The van der Waals surface area contributed by atoms with E-state index in [1.54, 1.807) is 0 Å². The van der Waals surface area contributed by atoms with E-state index in [0.29, 0.717) is 6.54 Å². The van der Waals surface area contributed by atoms with Gasteiger partial charge in [-0.1, -0.05) is 29.8 Å². The topological polar surface area (TPSA) is 87.9 Å². The third kappa shape index (κ3) is 4.99. The monoisotopic (exact) mass is 449 g/mol. The Morgan fingerprint density at radius 2 is 1.79 bits per heavy atom. The van der Waals surface area contributed by atoms with E-state index in [1.807, 2.05) is 28.8 Å². The second-order valence-electron chi connectivity index (χ2n) is 8.86. The minimum atomic E-state index is 0.0627. The number of aromatic nitrogens is 4. The summed E-state index contributed by atoms with van der Waals surface area (Å²) in [4.78, 5) is 17.2. The van der Waals surface area contributed by atoms with E-state index in [0.717, 1.165) is 81.6 Å². The molecule has 5 rings (SSSR count). The third-order valence-corrected chi connectivity index (χ3v) is 6.58. The van der Waals surface area contributed by atoms with Crippen molar-refractivity contribution in [1.29, 1.82) is 0 Å². The Labute approximate surface area is 193 Å². The first kappa shape index (κ1) is 21.8. The standard InChI is InChI=1S/C24H31N7O2/c1-18-2-4-19(5-3-18)23-27-26-21-6-7-22(28-31(21)23)30-11-8-20(9-12-30)24(32)25-10-13-29-14-16-33-17-15-29/h2-7,20H,8-17H2,1H3,(H,25,32). The first-order valence-electron chi connectivity index (χ1n) is 11.8. The molecular weight excluding hydrogens is 418 g/mol. The molecule has 2 saturated heterocycles. The zero-order chi connectivity index (χ0) is 22.6. The summed E-state index contributed by atoms with van der Waals surface area (Å²) < 4.78 is 7.18. The quantitative estimate of drug-likeness (QED) is 0.614. The summed E-state index contributed by atoms with van der Waals surface area (Å²) in [5, 5.41) is 16.6. The number of hydrogen-bond acceptors (Lipinski definition) is 7. The molecule has 1 amide bonds. The van der Waals surface area contributed by atoms with Crippen molar-refractivity contribution in [2.24, 2.45) is 5.92 Å². The number of ether oxygens (including phenoxy) is 1. The molecule has 33 heavy (non-hydrogen) atoms. The van der Waals surface area contributed by atoms with Crippen LogP contribution in [-0.2, 0) is 9.53 Å². The highest BCUT2D eigenvalue weighted by Gasteiger charge is 2.26. The fourth-order valence-corrected chi connectivity index (χ4v) is 4.51. The van der Waals surface area contributed by atoms with Crippen LogP contribution in [0.3, 0.4) is 0 Å². The van der Waals surface area contributed by atoms with Crippen LogP contribution in [0.2, 0.25) is 0 Å². The number of carbonyl (C=O) groups is 1. The summed E-state index contributed by atoms with van der Waals surface area (Å²) >= 11 is 0. The van der Waals surface area contributed by atoms with Gasteiger partial charge >= 0.3 is 0 Å². The predicted molar refractivity (Wildman–Crippen MR) is 126 cm³/mol. The van der Waals surface area contributed by atoms with Gasteiger partial charge in [0.2, 0.25) is 5.91 Å². The van der Waals surface area contributed by atoms with Crippen LogP contribution in [0.5, 0.6) is 0 Å². The smallest absolute Gasteiger partial charge is 0.223 e. The molecule has 0 radical (unpaired) electrons. The van der Waals surface area contributed by atoms with Gasteiger partial charge < -0.3 is 15.0 Å². The maximum Gasteiger partial charge on any atom is 0.223 e. The highest BCUT2D eigenvalue weighted by molar-refractivity contribution is 5.79. The number of amides is 1. The molecule has 0 bridgehead atoms. The van der Waals surface area contributed by atoms with Gasteiger partial charge in [0, 0.05) is 50.7 Å². The fraction of sp³-hybridized carbons (Fsp3) is 0.500. The average molecular weight is 450 g/mol. The number of carbonyl (C=O) groups excluding carboxylic acids is 1. The van der Waals surface area contributed by atoms with Crippen LogP contribution in [0.15, 0.2) is 36.4 Å². The zero-order valence-electron chi connectivity index (χ0n) is 19.1. The number of hydrogen-bond donors (Lipinski definition) is 1. The maximum atomic E-state index is 12.6. The van der Waals surface area contributed by atoms with E-state index in [4.69, 9.17) is 9.84 Å². The second-order valence-corrected chi connectivity index (χ2v) is 8.86. The van der Waals surface area contributed by atoms with Gasteiger partial charge in [-0.3, -0.25) is 9.69 Å². The molecule has 1 aromatic carbocycles. The van der Waals surface area contributed by atoms with Gasteiger partial charge in [-0.05, 0) is 31.9 Å². The van der Waals surface area contributed by atoms with E-state index >= 15 is 0 Å². The van der Waals surface area contributed by atoms with Crippen LogP contribution in [0.25, 0.3) is 17.0 Å². The molecule has 174 valence electrons. The lowest BCUT2D eigenvalue weighted by Gasteiger charge is -2.32. The summed E-state index contributed by atoms with van der Waals surface area (Å²) in [6, 6.07) is 12.2. The Balaban J connectivity index is 1.18. The molecule has 0 unspecified atom stereocenters. The van der Waals surface area contributed by atoms with Crippen molar-refractivity contribution in [3.63, 3.8) is 0 Å². The highest BCUT2D eigenvalue weighted by atomic mass is 16.5. The Morgan fingerprint density at radius 1 is 1.03 bits per heavy atom. The van der Waals surface area contributed by atoms with E-state index in [9.17, 15) is 4.79 Å². The summed E-state index contributed by atoms with van der Waals surface area (Å²) in [5.74, 6) is 1.86. The summed E-state index contributed by atoms with van der Waals surface area (Å²) in [6.07, 6.45) is 1.66. The minimum Gasteiger partial charge on any atom is -0.379 e. The van der Waals surface area contributed by atoms with Gasteiger partial charge in [-0.25, -0.2) is 0 Å². The summed E-state index contributed by atoms with van der Waals surface area (Å²) in [6.45, 7) is 8.74. The third-order valence-electron chi connectivity index (χ3n) is 6.58. The molecule has 3 aromatic rings. The molecule has 2 aliphatic heterocycles. The maximum absolute atomic E-state index is 12.6. The number of benzene rings is 1. The molecule has 2 aromatic heterocycles. The molecule has 0 spiro atoms. The van der Waals surface area contributed by atoms with Crippen molar-refractivity contribution in [3.05, 3.63) is 42.0 Å². The van der Waals surface area contributed by atoms with E-state index in [1.165, 1.54) is 5.56 Å². The van der Waals surface area contributed by atoms with E-state index in [2.05, 4.69) is 44.4 Å². The average Bonchev–Trinajstić information content (AvgIpc) is 3.28. The number of aryl methyl sites for hydroxylation is 1. The van der Waals surface area contributed by atoms with Crippen LogP contribution < -0.4 is 10.2 Å². The van der Waals surface area contributed by atoms with E-state index < -0.39 is 0 Å². The van der Waals surface area contributed by atoms with Crippen LogP contribution in [-0.4, -0.2) is 83.1 Å². The van der Waals surface area contributed by atoms with Gasteiger partial charge in [0.25, 0.3) is 0 Å². The first-order valence-corrected chi connectivity index (χ1v) is 11.8. The van der Waals surface area contributed by atoms with Crippen LogP contribution in [0.4, 0.5) is 5.82 Å². The van der Waals surface area contributed by atoms with Crippen molar-refractivity contribution in [2.45, 2.75) is 19.8 Å². The number of piperidine rings is 1. The van der Waals surface area contributed by atoms with Crippen molar-refractivity contribution >= 4 is 17.4 Å². The lowest BCUT2D eigenvalue weighted by Crippen LogP contribution is -2.44. The highest BCUT2D eigenvalue weighted by Crippen LogP contribution is 2.24. The van der Waals surface area contributed by atoms with Gasteiger partial charge in [-0.2, -0.15) is 4.52 Å². The molecule has 2 aliphatic rings. The number of rotatable bonds is 6. The second kappa shape index (κ2) is 9.84. The fourth-order valence-electron chi connectivity index (χ4n) is 4.51. The van der Waals surface area contributed by atoms with Crippen molar-refractivity contribution in [3.8, 4) is 11.4 Å². The lowest BCUT2D eigenvalue weighted by atomic mass is 9.96. The number of nitrogens with one attached hydrogen (secondary N) is 1. The van der Waals surface area contributed by atoms with Gasteiger partial charge in [0.1, 0.15) is 5.82 Å². The lowest BCUT2D eigenvalue weighted by molar-refractivity contribution is -0.125. The van der Waals surface area contributed by atoms with Crippen LogP contribution in [0, 0.1) is 12.8 Å². The number of fused-ring (bicyclic) bond motifs is 1. The Hall–Kier alpha value is -3.04. The van der Waals surface area contributed by atoms with Gasteiger partial charge in [0.15, 0.2) is 11.5 Å². The Bertz CT molecular complexity index is 1080. The summed E-state index contributed by atoms with van der Waals surface area (Å²) in [7, 11) is 0.